The molecule has 0 radical (unpaired) electrons. The average Bonchev–Trinajstić information content (AvgIpc) is 2.14. The van der Waals surface area contributed by atoms with E-state index in [0.717, 1.165) is 5.69 Å². The zero-order valence-corrected chi connectivity index (χ0v) is 8.28. The first kappa shape index (κ1) is 10.6. The molecular weight excluding hydrogens is 180 g/mol. The lowest BCUT2D eigenvalue weighted by Crippen LogP contribution is -2.18. The van der Waals surface area contributed by atoms with Crippen molar-refractivity contribution < 1.29 is 5.11 Å². The van der Waals surface area contributed by atoms with Gasteiger partial charge in [0.15, 0.2) is 0 Å². The summed E-state index contributed by atoms with van der Waals surface area (Å²) in [6.45, 7) is 3.76. The van der Waals surface area contributed by atoms with Crippen molar-refractivity contribution in [3.05, 3.63) is 29.6 Å². The third-order valence-corrected chi connectivity index (χ3v) is 1.77. The number of hydrogen-bond acceptors (Lipinski definition) is 4. The second kappa shape index (κ2) is 4.15. The van der Waals surface area contributed by atoms with Crippen LogP contribution in [0.15, 0.2) is 23.4 Å². The van der Waals surface area contributed by atoms with Crippen molar-refractivity contribution in [3.8, 4) is 0 Å². The monoisotopic (exact) mass is 194 g/mol. The van der Waals surface area contributed by atoms with Crippen LogP contribution in [0.5, 0.6) is 0 Å². The SMILES string of the molecule is CC(C)(O)c1cccc(CNN=N)n1. The van der Waals surface area contributed by atoms with Crippen LogP contribution in [0.25, 0.3) is 0 Å². The van der Waals surface area contributed by atoms with Gasteiger partial charge in [0.2, 0.25) is 0 Å². The smallest absolute Gasteiger partial charge is 0.101 e. The largest absolute Gasteiger partial charge is 0.384 e. The van der Waals surface area contributed by atoms with E-state index in [1.807, 2.05) is 12.1 Å². The summed E-state index contributed by atoms with van der Waals surface area (Å²) in [5, 5.41) is 12.7. The van der Waals surface area contributed by atoms with Gasteiger partial charge in [-0.05, 0) is 26.0 Å². The molecule has 0 fully saturated rings. The van der Waals surface area contributed by atoms with E-state index < -0.39 is 5.60 Å². The molecule has 0 saturated heterocycles. The second-order valence-electron chi connectivity index (χ2n) is 3.52. The minimum atomic E-state index is -0.936. The van der Waals surface area contributed by atoms with Crippen LogP contribution in [0.4, 0.5) is 0 Å². The molecule has 1 heterocycles. The molecule has 1 aromatic heterocycles. The van der Waals surface area contributed by atoms with Crippen molar-refractivity contribution in [2.24, 2.45) is 5.22 Å². The van der Waals surface area contributed by atoms with Crippen LogP contribution in [0.1, 0.15) is 25.2 Å². The lowest BCUT2D eigenvalue weighted by Gasteiger charge is -2.16. The summed E-state index contributed by atoms with van der Waals surface area (Å²) in [7, 11) is 0. The molecule has 14 heavy (non-hydrogen) atoms. The second-order valence-corrected chi connectivity index (χ2v) is 3.52. The number of hydrogen-bond donors (Lipinski definition) is 3. The van der Waals surface area contributed by atoms with E-state index >= 15 is 0 Å². The van der Waals surface area contributed by atoms with E-state index in [2.05, 4.69) is 15.6 Å². The van der Waals surface area contributed by atoms with Crippen LogP contribution in [-0.4, -0.2) is 10.1 Å². The van der Waals surface area contributed by atoms with Crippen molar-refractivity contribution in [2.75, 3.05) is 0 Å². The molecule has 3 N–H and O–H groups in total. The Hall–Kier alpha value is -1.49. The van der Waals surface area contributed by atoms with Gasteiger partial charge in [-0.25, -0.2) is 0 Å². The predicted octanol–water partition coefficient (Wildman–Crippen LogP) is 1.34. The van der Waals surface area contributed by atoms with Gasteiger partial charge < -0.3 is 5.11 Å². The molecule has 0 amide bonds. The normalized spacial score (nSPS) is 11.1. The van der Waals surface area contributed by atoms with Gasteiger partial charge >= 0.3 is 0 Å². The highest BCUT2D eigenvalue weighted by Gasteiger charge is 2.17. The molecule has 5 nitrogen and oxygen atoms in total. The standard InChI is InChI=1S/C9H14N4O/c1-9(2,14)8-5-3-4-7(12-8)6-11-13-10/h3-5,14H,6H2,1-2H3,(H2,10,11). The maximum Gasteiger partial charge on any atom is 0.101 e. The predicted molar refractivity (Wildman–Crippen MR) is 51.5 cm³/mol. The zero-order chi connectivity index (χ0) is 10.6. The number of nitrogens with zero attached hydrogens (tertiary/aromatic N) is 2. The minimum Gasteiger partial charge on any atom is -0.384 e. The number of pyridine rings is 1. The van der Waals surface area contributed by atoms with E-state index in [0.29, 0.717) is 12.2 Å². The summed E-state index contributed by atoms with van der Waals surface area (Å²) in [5.74, 6) is 0. The summed E-state index contributed by atoms with van der Waals surface area (Å²) in [6.07, 6.45) is 0. The molecule has 0 unspecified atom stereocenters. The minimum absolute atomic E-state index is 0.396. The van der Waals surface area contributed by atoms with Gasteiger partial charge in [0.25, 0.3) is 0 Å². The molecular formula is C9H14N4O. The third-order valence-electron chi connectivity index (χ3n) is 1.77. The molecule has 0 bridgehead atoms. The van der Waals surface area contributed by atoms with Crippen molar-refractivity contribution >= 4 is 0 Å². The summed E-state index contributed by atoms with van der Waals surface area (Å²) < 4.78 is 0. The summed E-state index contributed by atoms with van der Waals surface area (Å²) in [5.41, 5.74) is 9.48. The Morgan fingerprint density at radius 1 is 1.57 bits per heavy atom. The van der Waals surface area contributed by atoms with Gasteiger partial charge in [0, 0.05) is 0 Å². The van der Waals surface area contributed by atoms with Crippen LogP contribution in [0.3, 0.4) is 0 Å². The Kier molecular flexibility index (Phi) is 3.14. The fourth-order valence-corrected chi connectivity index (χ4v) is 1.04. The molecule has 0 atom stereocenters. The third kappa shape index (κ3) is 2.77. The quantitative estimate of drug-likeness (QED) is 0.499. The maximum absolute atomic E-state index is 9.70. The molecule has 5 heteroatoms. The van der Waals surface area contributed by atoms with Crippen LogP contribution in [0, 0.1) is 5.53 Å². The highest BCUT2D eigenvalue weighted by atomic mass is 16.3. The highest BCUT2D eigenvalue weighted by Crippen LogP contribution is 2.16. The Labute approximate surface area is 82.7 Å². The van der Waals surface area contributed by atoms with E-state index in [1.165, 1.54) is 0 Å². The molecule has 76 valence electrons. The zero-order valence-electron chi connectivity index (χ0n) is 8.28. The molecule has 1 aromatic rings. The van der Waals surface area contributed by atoms with Crippen LogP contribution in [0.2, 0.25) is 0 Å². The molecule has 0 aliphatic rings. The number of aliphatic hydroxyl groups is 1. The molecule has 1 rings (SSSR count). The van der Waals surface area contributed by atoms with E-state index in [-0.39, 0.29) is 0 Å². The molecule has 0 aromatic carbocycles. The maximum atomic E-state index is 9.70. The summed E-state index contributed by atoms with van der Waals surface area (Å²) in [6, 6.07) is 5.40. The van der Waals surface area contributed by atoms with Gasteiger partial charge in [0.05, 0.1) is 17.9 Å². The highest BCUT2D eigenvalue weighted by molar-refractivity contribution is 5.15. The first-order valence-electron chi connectivity index (χ1n) is 4.32. The van der Waals surface area contributed by atoms with E-state index in [9.17, 15) is 5.11 Å². The summed E-state index contributed by atoms with van der Waals surface area (Å²) >= 11 is 0. The van der Waals surface area contributed by atoms with Crippen molar-refractivity contribution in [2.45, 2.75) is 26.0 Å². The van der Waals surface area contributed by atoms with Crippen molar-refractivity contribution in [3.63, 3.8) is 0 Å². The van der Waals surface area contributed by atoms with Crippen LogP contribution < -0.4 is 5.43 Å². The molecule has 0 saturated carbocycles. The Balaban J connectivity index is 2.84. The Bertz CT molecular complexity index is 319. The van der Waals surface area contributed by atoms with Gasteiger partial charge in [-0.2, -0.15) is 5.53 Å². The Morgan fingerprint density at radius 2 is 2.29 bits per heavy atom. The van der Waals surface area contributed by atoms with Gasteiger partial charge in [-0.1, -0.05) is 11.3 Å². The number of aromatic nitrogens is 1. The first-order valence-corrected chi connectivity index (χ1v) is 4.32. The lowest BCUT2D eigenvalue weighted by molar-refractivity contribution is 0.0736. The molecule has 0 aliphatic carbocycles. The first-order chi connectivity index (χ1) is 6.54. The molecule has 0 aliphatic heterocycles. The fourth-order valence-electron chi connectivity index (χ4n) is 1.04. The van der Waals surface area contributed by atoms with Gasteiger partial charge in [-0.3, -0.25) is 10.4 Å². The van der Waals surface area contributed by atoms with Crippen LogP contribution in [-0.2, 0) is 12.1 Å². The van der Waals surface area contributed by atoms with Crippen molar-refractivity contribution in [1.82, 2.24) is 10.4 Å². The Morgan fingerprint density at radius 3 is 2.86 bits per heavy atom. The topological polar surface area (TPSA) is 81.4 Å². The summed E-state index contributed by atoms with van der Waals surface area (Å²) in [4.78, 5) is 4.23. The van der Waals surface area contributed by atoms with Crippen molar-refractivity contribution in [1.29, 1.82) is 5.53 Å². The lowest BCUT2D eigenvalue weighted by atomic mass is 10.0. The molecule has 0 spiro atoms. The van der Waals surface area contributed by atoms with Gasteiger partial charge in [0.1, 0.15) is 5.60 Å². The average molecular weight is 194 g/mol. The van der Waals surface area contributed by atoms with Gasteiger partial charge in [-0.15, -0.1) is 0 Å². The fraction of sp³-hybridized carbons (Fsp3) is 0.444. The number of rotatable bonds is 4. The van der Waals surface area contributed by atoms with Crippen LogP contribution >= 0.6 is 0 Å². The number of nitrogens with one attached hydrogen (secondary N) is 2. The van der Waals surface area contributed by atoms with E-state index in [1.54, 1.807) is 19.9 Å². The van der Waals surface area contributed by atoms with E-state index in [4.69, 9.17) is 5.53 Å².